The van der Waals surface area contributed by atoms with Crippen LogP contribution in [-0.4, -0.2) is 28.2 Å². The van der Waals surface area contributed by atoms with E-state index in [-0.39, 0.29) is 5.56 Å². The molecule has 0 amide bonds. The van der Waals surface area contributed by atoms with Gasteiger partial charge in [-0.25, -0.2) is 14.8 Å². The molecule has 21 heavy (non-hydrogen) atoms. The van der Waals surface area contributed by atoms with Crippen molar-refractivity contribution >= 4 is 5.97 Å². The highest BCUT2D eigenvalue weighted by molar-refractivity contribution is 5.88. The Bertz CT molecular complexity index is 530. The van der Waals surface area contributed by atoms with Crippen molar-refractivity contribution in [3.63, 3.8) is 0 Å². The minimum Gasteiger partial charge on any atom is -0.478 e. The van der Waals surface area contributed by atoms with Crippen LogP contribution in [0.2, 0.25) is 0 Å². The number of carboxylic acids is 1. The van der Waals surface area contributed by atoms with Crippen molar-refractivity contribution in [3.8, 4) is 0 Å². The number of hydrogen-bond acceptors (Lipinski definition) is 4. The average Bonchev–Trinajstić information content (AvgIpc) is 2.47. The fourth-order valence-electron chi connectivity index (χ4n) is 2.93. The molecular weight excluding hydrogens is 268 g/mol. The molecule has 0 bridgehead atoms. The number of carboxylic acid groups (broad SMARTS) is 1. The van der Waals surface area contributed by atoms with E-state index in [1.54, 1.807) is 7.11 Å². The van der Waals surface area contributed by atoms with Gasteiger partial charge in [0.25, 0.3) is 0 Å². The van der Waals surface area contributed by atoms with E-state index in [2.05, 4.69) is 23.8 Å². The first-order valence-corrected chi connectivity index (χ1v) is 7.48. The Morgan fingerprint density at radius 1 is 1.33 bits per heavy atom. The number of aromatic carboxylic acids is 1. The second-order valence-corrected chi connectivity index (χ2v) is 6.58. The van der Waals surface area contributed by atoms with E-state index in [1.807, 2.05) is 6.92 Å². The number of aryl methyl sites for hydroxylation is 1. The standard InChI is InChI=1S/C16H24N2O3/c1-5-12-11(13(19)20)10-17-14(18-12)16(21-4)8-6-15(2,3)7-9-16/h10H,5-9H2,1-4H3,(H,19,20). The number of hydrogen-bond donors (Lipinski definition) is 1. The van der Waals surface area contributed by atoms with Crippen LogP contribution >= 0.6 is 0 Å². The van der Waals surface area contributed by atoms with Gasteiger partial charge in [-0.3, -0.25) is 0 Å². The molecule has 5 heteroatoms. The van der Waals surface area contributed by atoms with Crippen molar-refractivity contribution in [2.45, 2.75) is 58.5 Å². The lowest BCUT2D eigenvalue weighted by Gasteiger charge is -2.41. The number of rotatable bonds is 4. The summed E-state index contributed by atoms with van der Waals surface area (Å²) in [5.41, 5.74) is 0.602. The fourth-order valence-corrected chi connectivity index (χ4v) is 2.93. The van der Waals surface area contributed by atoms with Gasteiger partial charge < -0.3 is 9.84 Å². The number of aromatic nitrogens is 2. The molecule has 0 saturated heterocycles. The van der Waals surface area contributed by atoms with Crippen molar-refractivity contribution in [1.29, 1.82) is 0 Å². The molecule has 1 heterocycles. The third-order valence-corrected chi connectivity index (χ3v) is 4.64. The highest BCUT2D eigenvalue weighted by atomic mass is 16.5. The molecule has 1 aromatic rings. The molecule has 1 fully saturated rings. The zero-order chi connectivity index (χ0) is 15.7. The predicted octanol–water partition coefficient (Wildman–Crippen LogP) is 3.18. The third-order valence-electron chi connectivity index (χ3n) is 4.64. The largest absolute Gasteiger partial charge is 0.478 e. The number of nitrogens with zero attached hydrogens (tertiary/aromatic N) is 2. The molecule has 1 N–H and O–H groups in total. The van der Waals surface area contributed by atoms with Crippen LogP contribution in [0.5, 0.6) is 0 Å². The molecule has 2 rings (SSSR count). The molecule has 1 aromatic heterocycles. The van der Waals surface area contributed by atoms with Crippen LogP contribution < -0.4 is 0 Å². The topological polar surface area (TPSA) is 72.3 Å². The van der Waals surface area contributed by atoms with Crippen LogP contribution in [0, 0.1) is 5.41 Å². The third kappa shape index (κ3) is 3.07. The van der Waals surface area contributed by atoms with Crippen LogP contribution in [0.15, 0.2) is 6.20 Å². The van der Waals surface area contributed by atoms with Crippen molar-refractivity contribution < 1.29 is 14.6 Å². The monoisotopic (exact) mass is 292 g/mol. The minimum atomic E-state index is -0.977. The Hall–Kier alpha value is -1.49. The Morgan fingerprint density at radius 3 is 2.43 bits per heavy atom. The molecule has 1 saturated carbocycles. The van der Waals surface area contributed by atoms with Gasteiger partial charge in [0.15, 0.2) is 5.82 Å². The SMILES string of the molecule is CCc1nc(C2(OC)CCC(C)(C)CC2)ncc1C(=O)O. The van der Waals surface area contributed by atoms with Gasteiger partial charge in [-0.2, -0.15) is 0 Å². The van der Waals surface area contributed by atoms with Crippen LogP contribution in [0.3, 0.4) is 0 Å². The summed E-state index contributed by atoms with van der Waals surface area (Å²) >= 11 is 0. The predicted molar refractivity (Wildman–Crippen MR) is 79.3 cm³/mol. The molecule has 0 spiro atoms. The molecule has 0 unspecified atom stereocenters. The molecule has 0 radical (unpaired) electrons. The molecule has 116 valence electrons. The normalized spacial score (nSPS) is 20.2. The van der Waals surface area contributed by atoms with Gasteiger partial charge >= 0.3 is 5.97 Å². The van der Waals surface area contributed by atoms with Gasteiger partial charge in [0.05, 0.1) is 11.3 Å². The molecular formula is C16H24N2O3. The van der Waals surface area contributed by atoms with Crippen molar-refractivity contribution in [3.05, 3.63) is 23.3 Å². The smallest absolute Gasteiger partial charge is 0.339 e. The van der Waals surface area contributed by atoms with E-state index in [4.69, 9.17) is 4.74 Å². The maximum atomic E-state index is 11.2. The maximum Gasteiger partial charge on any atom is 0.339 e. The zero-order valence-electron chi connectivity index (χ0n) is 13.3. The van der Waals surface area contributed by atoms with Crippen LogP contribution in [0.1, 0.15) is 68.3 Å². The quantitative estimate of drug-likeness (QED) is 0.922. The van der Waals surface area contributed by atoms with Crippen LogP contribution in [-0.2, 0) is 16.8 Å². The molecule has 0 atom stereocenters. The fraction of sp³-hybridized carbons (Fsp3) is 0.688. The van der Waals surface area contributed by atoms with E-state index in [9.17, 15) is 9.90 Å². The first-order chi connectivity index (χ1) is 9.83. The van der Waals surface area contributed by atoms with Gasteiger partial charge in [0.2, 0.25) is 0 Å². The Kier molecular flexibility index (Phi) is 4.33. The molecule has 5 nitrogen and oxygen atoms in total. The summed E-state index contributed by atoms with van der Waals surface area (Å²) in [7, 11) is 1.69. The van der Waals surface area contributed by atoms with E-state index in [1.165, 1.54) is 6.20 Å². The van der Waals surface area contributed by atoms with Crippen molar-refractivity contribution in [2.24, 2.45) is 5.41 Å². The van der Waals surface area contributed by atoms with Gasteiger partial charge in [-0.05, 0) is 37.5 Å². The maximum absolute atomic E-state index is 11.2. The molecule has 1 aliphatic rings. The van der Waals surface area contributed by atoms with Crippen molar-refractivity contribution in [2.75, 3.05) is 7.11 Å². The summed E-state index contributed by atoms with van der Waals surface area (Å²) in [5.74, 6) is -0.350. The number of ether oxygens (including phenoxy) is 1. The Labute approximate surface area is 125 Å². The summed E-state index contributed by atoms with van der Waals surface area (Å²) in [6.07, 6.45) is 5.82. The highest BCUT2D eigenvalue weighted by Crippen LogP contribution is 2.46. The lowest BCUT2D eigenvalue weighted by atomic mass is 9.70. The molecule has 1 aliphatic carbocycles. The second-order valence-electron chi connectivity index (χ2n) is 6.58. The summed E-state index contributed by atoms with van der Waals surface area (Å²) in [6.45, 7) is 6.43. The summed E-state index contributed by atoms with van der Waals surface area (Å²) in [5, 5.41) is 9.18. The second kappa shape index (κ2) is 5.72. The zero-order valence-corrected chi connectivity index (χ0v) is 13.3. The van der Waals surface area contributed by atoms with Gasteiger partial charge in [0, 0.05) is 13.3 Å². The summed E-state index contributed by atoms with van der Waals surface area (Å²) in [6, 6.07) is 0. The van der Waals surface area contributed by atoms with Crippen LogP contribution in [0.4, 0.5) is 0 Å². The number of carbonyl (C=O) groups is 1. The van der Waals surface area contributed by atoms with Crippen LogP contribution in [0.25, 0.3) is 0 Å². The van der Waals surface area contributed by atoms with Gasteiger partial charge in [-0.1, -0.05) is 20.8 Å². The Balaban J connectivity index is 2.37. The number of methoxy groups -OCH3 is 1. The highest BCUT2D eigenvalue weighted by Gasteiger charge is 2.42. The minimum absolute atomic E-state index is 0.184. The van der Waals surface area contributed by atoms with E-state index in [0.29, 0.717) is 23.4 Å². The lowest BCUT2D eigenvalue weighted by Crippen LogP contribution is -2.38. The van der Waals surface area contributed by atoms with Gasteiger partial charge in [-0.15, -0.1) is 0 Å². The van der Waals surface area contributed by atoms with E-state index < -0.39 is 11.6 Å². The van der Waals surface area contributed by atoms with E-state index >= 15 is 0 Å². The summed E-state index contributed by atoms with van der Waals surface area (Å²) < 4.78 is 5.79. The van der Waals surface area contributed by atoms with Crippen molar-refractivity contribution in [1.82, 2.24) is 9.97 Å². The molecule has 0 aromatic carbocycles. The Morgan fingerprint density at radius 2 is 1.95 bits per heavy atom. The van der Waals surface area contributed by atoms with E-state index in [0.717, 1.165) is 25.7 Å². The lowest BCUT2D eigenvalue weighted by molar-refractivity contribution is -0.0730. The van der Waals surface area contributed by atoms with Gasteiger partial charge in [0.1, 0.15) is 5.60 Å². The molecule has 0 aliphatic heterocycles. The first kappa shape index (κ1) is 15.9. The summed E-state index contributed by atoms with van der Waals surface area (Å²) in [4.78, 5) is 20.0. The average molecular weight is 292 g/mol. The first-order valence-electron chi connectivity index (χ1n) is 7.48.